The van der Waals surface area contributed by atoms with Crippen LogP contribution in [0.15, 0.2) is 17.5 Å². The third kappa shape index (κ3) is 3.49. The van der Waals surface area contributed by atoms with Gasteiger partial charge in [0.15, 0.2) is 0 Å². The molecule has 21 heavy (non-hydrogen) atoms. The molecule has 1 aliphatic heterocycles. The molecular formula is C17H26N2OS. The Morgan fingerprint density at radius 1 is 1.33 bits per heavy atom. The van der Waals surface area contributed by atoms with Crippen LogP contribution >= 0.6 is 11.3 Å². The van der Waals surface area contributed by atoms with Gasteiger partial charge < -0.3 is 10.2 Å². The molecule has 1 aromatic rings. The molecule has 3 nitrogen and oxygen atoms in total. The smallest absolute Gasteiger partial charge is 0.233 e. The van der Waals surface area contributed by atoms with Crippen LogP contribution in [0, 0.1) is 5.92 Å². The number of hydrogen-bond acceptors (Lipinski definition) is 3. The summed E-state index contributed by atoms with van der Waals surface area (Å²) in [5.74, 6) is 1.22. The number of rotatable bonds is 5. The number of carbonyl (C=O) groups is 1. The average Bonchev–Trinajstić information content (AvgIpc) is 3.15. The molecule has 0 aromatic carbocycles. The molecule has 2 fully saturated rings. The summed E-state index contributed by atoms with van der Waals surface area (Å²) in [6.45, 7) is 7.09. The van der Waals surface area contributed by atoms with Crippen LogP contribution in [0.3, 0.4) is 0 Å². The highest BCUT2D eigenvalue weighted by Gasteiger charge is 2.36. The lowest BCUT2D eigenvalue weighted by atomic mass is 9.88. The number of amides is 1. The van der Waals surface area contributed by atoms with Gasteiger partial charge in [-0.15, -0.1) is 11.3 Å². The molecule has 0 unspecified atom stereocenters. The normalized spacial score (nSPS) is 20.8. The van der Waals surface area contributed by atoms with E-state index < -0.39 is 0 Å². The Bertz CT molecular complexity index is 471. The van der Waals surface area contributed by atoms with Gasteiger partial charge in [-0.3, -0.25) is 4.79 Å². The van der Waals surface area contributed by atoms with E-state index in [0.717, 1.165) is 31.8 Å². The van der Waals surface area contributed by atoms with Crippen molar-refractivity contribution in [1.29, 1.82) is 0 Å². The zero-order valence-electron chi connectivity index (χ0n) is 13.1. The van der Waals surface area contributed by atoms with E-state index in [4.69, 9.17) is 0 Å². The van der Waals surface area contributed by atoms with Gasteiger partial charge >= 0.3 is 0 Å². The minimum absolute atomic E-state index is 0.283. The fourth-order valence-corrected chi connectivity index (χ4v) is 3.92. The first-order chi connectivity index (χ1) is 10.1. The summed E-state index contributed by atoms with van der Waals surface area (Å²) in [5.41, 5.74) is -0.386. The second-order valence-electron chi connectivity index (χ2n) is 7.02. The zero-order chi connectivity index (χ0) is 14.9. The van der Waals surface area contributed by atoms with Crippen molar-refractivity contribution in [2.75, 3.05) is 19.6 Å². The van der Waals surface area contributed by atoms with Crippen LogP contribution in [-0.4, -0.2) is 36.5 Å². The minimum Gasteiger partial charge on any atom is -0.342 e. The summed E-state index contributed by atoms with van der Waals surface area (Å²) < 4.78 is 0. The van der Waals surface area contributed by atoms with Crippen molar-refractivity contribution in [3.63, 3.8) is 0 Å². The SMILES string of the molecule is CC(C)(C(=O)N1CCC(NCC2CC2)CC1)c1cccs1. The first kappa shape index (κ1) is 15.0. The predicted octanol–water partition coefficient (Wildman–Crippen LogP) is 3.02. The summed E-state index contributed by atoms with van der Waals surface area (Å²) >= 11 is 1.68. The molecule has 1 saturated heterocycles. The maximum Gasteiger partial charge on any atom is 0.233 e. The topological polar surface area (TPSA) is 32.3 Å². The second-order valence-corrected chi connectivity index (χ2v) is 7.97. The Labute approximate surface area is 131 Å². The number of thiophene rings is 1. The molecule has 4 heteroatoms. The molecule has 0 atom stereocenters. The van der Waals surface area contributed by atoms with Crippen molar-refractivity contribution in [2.45, 2.75) is 51.0 Å². The Kier molecular flexibility index (Phi) is 4.36. The third-order valence-electron chi connectivity index (χ3n) is 4.85. The molecule has 1 amide bonds. The summed E-state index contributed by atoms with van der Waals surface area (Å²) in [4.78, 5) is 16.0. The number of nitrogens with one attached hydrogen (secondary N) is 1. The Balaban J connectivity index is 1.52. The maximum atomic E-state index is 12.8. The van der Waals surface area contributed by atoms with Gasteiger partial charge in [0.1, 0.15) is 0 Å². The maximum absolute atomic E-state index is 12.8. The van der Waals surface area contributed by atoms with Crippen molar-refractivity contribution in [3.05, 3.63) is 22.4 Å². The van der Waals surface area contributed by atoms with E-state index in [9.17, 15) is 4.79 Å². The first-order valence-electron chi connectivity index (χ1n) is 8.14. The molecule has 0 radical (unpaired) electrons. The summed E-state index contributed by atoms with van der Waals surface area (Å²) in [6, 6.07) is 4.72. The Hall–Kier alpha value is -0.870. The number of carbonyl (C=O) groups excluding carboxylic acids is 1. The Morgan fingerprint density at radius 3 is 2.62 bits per heavy atom. The zero-order valence-corrected chi connectivity index (χ0v) is 13.9. The van der Waals surface area contributed by atoms with Crippen LogP contribution in [0.5, 0.6) is 0 Å². The molecule has 0 bridgehead atoms. The van der Waals surface area contributed by atoms with Crippen molar-refractivity contribution >= 4 is 17.2 Å². The third-order valence-corrected chi connectivity index (χ3v) is 6.04. The second kappa shape index (κ2) is 6.09. The fourth-order valence-electron chi connectivity index (χ4n) is 3.08. The van der Waals surface area contributed by atoms with Gasteiger partial charge in [-0.2, -0.15) is 0 Å². The number of likely N-dealkylation sites (tertiary alicyclic amines) is 1. The van der Waals surface area contributed by atoms with Crippen molar-refractivity contribution in [2.24, 2.45) is 5.92 Å². The quantitative estimate of drug-likeness (QED) is 0.907. The van der Waals surface area contributed by atoms with E-state index >= 15 is 0 Å². The molecule has 1 N–H and O–H groups in total. The molecule has 1 saturated carbocycles. The van der Waals surface area contributed by atoms with Gasteiger partial charge in [0, 0.05) is 24.0 Å². The molecular weight excluding hydrogens is 280 g/mol. The lowest BCUT2D eigenvalue weighted by molar-refractivity contribution is -0.137. The minimum atomic E-state index is -0.386. The van der Waals surface area contributed by atoms with Gasteiger partial charge in [0.05, 0.1) is 5.41 Å². The highest BCUT2D eigenvalue weighted by molar-refractivity contribution is 7.10. The van der Waals surface area contributed by atoms with E-state index in [-0.39, 0.29) is 11.3 Å². The van der Waals surface area contributed by atoms with E-state index in [1.807, 2.05) is 6.07 Å². The molecule has 0 spiro atoms. The summed E-state index contributed by atoms with van der Waals surface area (Å²) in [5, 5.41) is 5.73. The van der Waals surface area contributed by atoms with E-state index in [1.165, 1.54) is 24.3 Å². The molecule has 116 valence electrons. The van der Waals surface area contributed by atoms with Crippen LogP contribution in [0.2, 0.25) is 0 Å². The highest BCUT2D eigenvalue weighted by Crippen LogP contribution is 2.31. The monoisotopic (exact) mass is 306 g/mol. The van der Waals surface area contributed by atoms with Crippen molar-refractivity contribution < 1.29 is 4.79 Å². The standard InChI is InChI=1S/C17H26N2OS/c1-17(2,15-4-3-11-21-15)16(20)19-9-7-14(8-10-19)18-12-13-5-6-13/h3-4,11,13-14,18H,5-10,12H2,1-2H3. The van der Waals surface area contributed by atoms with Gasteiger partial charge in [0.25, 0.3) is 0 Å². The van der Waals surface area contributed by atoms with Gasteiger partial charge in [-0.25, -0.2) is 0 Å². The van der Waals surface area contributed by atoms with Crippen LogP contribution in [0.4, 0.5) is 0 Å². The summed E-state index contributed by atoms with van der Waals surface area (Å²) in [6.07, 6.45) is 5.00. The van der Waals surface area contributed by atoms with Crippen LogP contribution in [-0.2, 0) is 10.2 Å². The molecule has 1 aromatic heterocycles. The predicted molar refractivity (Wildman–Crippen MR) is 87.7 cm³/mol. The summed E-state index contributed by atoms with van der Waals surface area (Å²) in [7, 11) is 0. The highest BCUT2D eigenvalue weighted by atomic mass is 32.1. The molecule has 3 rings (SSSR count). The van der Waals surface area contributed by atoms with Gasteiger partial charge in [-0.1, -0.05) is 6.07 Å². The fraction of sp³-hybridized carbons (Fsp3) is 0.706. The first-order valence-corrected chi connectivity index (χ1v) is 9.02. The molecule has 2 aliphatic rings. The van der Waals surface area contributed by atoms with Crippen molar-refractivity contribution in [3.8, 4) is 0 Å². The number of hydrogen-bond donors (Lipinski definition) is 1. The molecule has 2 heterocycles. The number of piperidine rings is 1. The van der Waals surface area contributed by atoms with Gasteiger partial charge in [-0.05, 0) is 63.4 Å². The van der Waals surface area contributed by atoms with E-state index in [2.05, 4.69) is 35.5 Å². The van der Waals surface area contributed by atoms with Crippen LogP contribution in [0.1, 0.15) is 44.4 Å². The van der Waals surface area contributed by atoms with E-state index in [0.29, 0.717) is 6.04 Å². The molecule has 1 aliphatic carbocycles. The van der Waals surface area contributed by atoms with E-state index in [1.54, 1.807) is 11.3 Å². The Morgan fingerprint density at radius 2 is 2.05 bits per heavy atom. The number of nitrogens with zero attached hydrogens (tertiary/aromatic N) is 1. The van der Waals surface area contributed by atoms with Crippen LogP contribution < -0.4 is 5.32 Å². The van der Waals surface area contributed by atoms with Crippen molar-refractivity contribution in [1.82, 2.24) is 10.2 Å². The van der Waals surface area contributed by atoms with Gasteiger partial charge in [0.2, 0.25) is 5.91 Å². The lowest BCUT2D eigenvalue weighted by Gasteiger charge is -2.37. The largest absolute Gasteiger partial charge is 0.342 e. The van der Waals surface area contributed by atoms with Crippen LogP contribution in [0.25, 0.3) is 0 Å². The lowest BCUT2D eigenvalue weighted by Crippen LogP contribution is -2.50. The average molecular weight is 306 g/mol.